The molecule has 0 radical (unpaired) electrons. The van der Waals surface area contributed by atoms with Crippen LogP contribution in [0.15, 0.2) is 24.3 Å². The fourth-order valence-corrected chi connectivity index (χ4v) is 1.72. The van der Waals surface area contributed by atoms with E-state index in [9.17, 15) is 0 Å². The molecule has 0 heterocycles. The molecule has 1 unspecified atom stereocenters. The van der Waals surface area contributed by atoms with Crippen molar-refractivity contribution in [3.8, 4) is 0 Å². The van der Waals surface area contributed by atoms with Gasteiger partial charge in [0.2, 0.25) is 0 Å². The van der Waals surface area contributed by atoms with Crippen molar-refractivity contribution in [2.75, 3.05) is 13.6 Å². The van der Waals surface area contributed by atoms with Crippen LogP contribution in [0.5, 0.6) is 0 Å². The minimum absolute atomic E-state index is 0.440. The molecule has 0 aliphatic rings. The highest BCUT2D eigenvalue weighted by Crippen LogP contribution is 2.09. The molecule has 0 aliphatic heterocycles. The van der Waals surface area contributed by atoms with Crippen LogP contribution in [-0.4, -0.2) is 24.5 Å². The van der Waals surface area contributed by atoms with Crippen molar-refractivity contribution < 1.29 is 0 Å². The van der Waals surface area contributed by atoms with Crippen LogP contribution in [0, 0.1) is 0 Å². The lowest BCUT2D eigenvalue weighted by Crippen LogP contribution is -2.34. The summed E-state index contributed by atoms with van der Waals surface area (Å²) in [7, 11) is 2.12. The van der Waals surface area contributed by atoms with Gasteiger partial charge in [0.1, 0.15) is 0 Å². The van der Waals surface area contributed by atoms with Crippen LogP contribution in [0.1, 0.15) is 31.4 Å². The maximum Gasteiger partial charge on any atom is 0.0234 e. The van der Waals surface area contributed by atoms with Gasteiger partial charge in [0, 0.05) is 19.1 Å². The Labute approximate surface area is 99.5 Å². The molecule has 1 rings (SSSR count). The first kappa shape index (κ1) is 13.2. The second kappa shape index (κ2) is 6.66. The molecular formula is C14H24N2. The quantitative estimate of drug-likeness (QED) is 0.797. The monoisotopic (exact) mass is 220 g/mol. The van der Waals surface area contributed by atoms with Crippen molar-refractivity contribution in [3.63, 3.8) is 0 Å². The van der Waals surface area contributed by atoms with Crippen LogP contribution >= 0.6 is 0 Å². The summed E-state index contributed by atoms with van der Waals surface area (Å²) in [5.41, 5.74) is 8.44. The molecule has 0 amide bonds. The molecule has 0 bridgehead atoms. The predicted molar refractivity (Wildman–Crippen MR) is 70.4 cm³/mol. The standard InChI is InChI=1S/C14H24N2/c1-4-5-13-6-8-14(9-7-13)11-16(3)12(2)10-15/h6-9,12H,4-5,10-11,15H2,1-3H3. The highest BCUT2D eigenvalue weighted by Gasteiger charge is 2.07. The van der Waals surface area contributed by atoms with Crippen LogP contribution in [0.3, 0.4) is 0 Å². The number of hydrogen-bond donors (Lipinski definition) is 1. The SMILES string of the molecule is CCCc1ccc(CN(C)C(C)CN)cc1. The van der Waals surface area contributed by atoms with Crippen molar-refractivity contribution in [1.82, 2.24) is 4.90 Å². The molecule has 0 saturated carbocycles. The molecule has 0 spiro atoms. The number of aryl methyl sites for hydroxylation is 1. The molecule has 1 aromatic carbocycles. The van der Waals surface area contributed by atoms with E-state index in [4.69, 9.17) is 5.73 Å². The third kappa shape index (κ3) is 3.95. The summed E-state index contributed by atoms with van der Waals surface area (Å²) >= 11 is 0. The van der Waals surface area contributed by atoms with Crippen molar-refractivity contribution in [1.29, 1.82) is 0 Å². The highest BCUT2D eigenvalue weighted by atomic mass is 15.1. The van der Waals surface area contributed by atoms with Crippen molar-refractivity contribution in [2.45, 2.75) is 39.3 Å². The van der Waals surface area contributed by atoms with Crippen LogP contribution in [0.4, 0.5) is 0 Å². The predicted octanol–water partition coefficient (Wildman–Crippen LogP) is 2.42. The molecule has 2 N–H and O–H groups in total. The summed E-state index contributed by atoms with van der Waals surface area (Å²) in [5.74, 6) is 0. The zero-order chi connectivity index (χ0) is 12.0. The van der Waals surface area contributed by atoms with Gasteiger partial charge < -0.3 is 5.73 Å². The van der Waals surface area contributed by atoms with E-state index in [1.54, 1.807) is 0 Å². The van der Waals surface area contributed by atoms with Crippen molar-refractivity contribution >= 4 is 0 Å². The van der Waals surface area contributed by atoms with E-state index in [-0.39, 0.29) is 0 Å². The van der Waals surface area contributed by atoms with Crippen LogP contribution < -0.4 is 5.73 Å². The molecule has 2 heteroatoms. The Hall–Kier alpha value is -0.860. The first-order chi connectivity index (χ1) is 7.67. The second-order valence-electron chi connectivity index (χ2n) is 4.57. The average Bonchev–Trinajstić information content (AvgIpc) is 2.31. The van der Waals surface area contributed by atoms with E-state index in [1.165, 1.54) is 24.0 Å². The van der Waals surface area contributed by atoms with Crippen LogP contribution in [-0.2, 0) is 13.0 Å². The van der Waals surface area contributed by atoms with Crippen molar-refractivity contribution in [3.05, 3.63) is 35.4 Å². The van der Waals surface area contributed by atoms with Gasteiger partial charge in [-0.05, 0) is 31.5 Å². The lowest BCUT2D eigenvalue weighted by atomic mass is 10.1. The van der Waals surface area contributed by atoms with E-state index in [1.807, 2.05) is 0 Å². The number of hydrogen-bond acceptors (Lipinski definition) is 2. The molecule has 1 atom stereocenters. The summed E-state index contributed by atoms with van der Waals surface area (Å²) in [6.45, 7) is 6.06. The molecule has 0 aromatic heterocycles. The Morgan fingerprint density at radius 1 is 1.19 bits per heavy atom. The minimum Gasteiger partial charge on any atom is -0.329 e. The molecule has 16 heavy (non-hydrogen) atoms. The summed E-state index contributed by atoms with van der Waals surface area (Å²) in [6.07, 6.45) is 2.39. The van der Waals surface area contributed by atoms with E-state index < -0.39 is 0 Å². The van der Waals surface area contributed by atoms with Gasteiger partial charge in [-0.25, -0.2) is 0 Å². The number of likely N-dealkylation sites (N-methyl/N-ethyl adjacent to an activating group) is 1. The fraction of sp³-hybridized carbons (Fsp3) is 0.571. The Bertz CT molecular complexity index is 292. The van der Waals surface area contributed by atoms with E-state index >= 15 is 0 Å². The topological polar surface area (TPSA) is 29.3 Å². The smallest absolute Gasteiger partial charge is 0.0234 e. The van der Waals surface area contributed by atoms with Gasteiger partial charge >= 0.3 is 0 Å². The lowest BCUT2D eigenvalue weighted by Gasteiger charge is -2.23. The number of nitrogens with two attached hydrogens (primary N) is 1. The average molecular weight is 220 g/mol. The van der Waals surface area contributed by atoms with Gasteiger partial charge in [-0.3, -0.25) is 4.90 Å². The van der Waals surface area contributed by atoms with Gasteiger partial charge in [0.05, 0.1) is 0 Å². The van der Waals surface area contributed by atoms with E-state index in [2.05, 4.69) is 50.1 Å². The Morgan fingerprint density at radius 2 is 1.75 bits per heavy atom. The van der Waals surface area contributed by atoms with Gasteiger partial charge in [-0.2, -0.15) is 0 Å². The third-order valence-corrected chi connectivity index (χ3v) is 3.09. The summed E-state index contributed by atoms with van der Waals surface area (Å²) in [4.78, 5) is 2.29. The maximum atomic E-state index is 5.65. The minimum atomic E-state index is 0.440. The highest BCUT2D eigenvalue weighted by molar-refractivity contribution is 5.22. The number of nitrogens with zero attached hydrogens (tertiary/aromatic N) is 1. The number of rotatable bonds is 6. The molecule has 2 nitrogen and oxygen atoms in total. The zero-order valence-corrected chi connectivity index (χ0v) is 10.7. The molecule has 1 aromatic rings. The maximum absolute atomic E-state index is 5.65. The van der Waals surface area contributed by atoms with Crippen LogP contribution in [0.2, 0.25) is 0 Å². The summed E-state index contributed by atoms with van der Waals surface area (Å²) < 4.78 is 0. The Morgan fingerprint density at radius 3 is 2.25 bits per heavy atom. The first-order valence-electron chi connectivity index (χ1n) is 6.15. The van der Waals surface area contributed by atoms with E-state index in [0.29, 0.717) is 12.6 Å². The largest absolute Gasteiger partial charge is 0.329 e. The molecule has 0 saturated heterocycles. The molecule has 0 aliphatic carbocycles. The number of benzene rings is 1. The second-order valence-corrected chi connectivity index (χ2v) is 4.57. The van der Waals surface area contributed by atoms with Gasteiger partial charge in [0.15, 0.2) is 0 Å². The molecule has 0 fully saturated rings. The zero-order valence-electron chi connectivity index (χ0n) is 10.7. The lowest BCUT2D eigenvalue weighted by molar-refractivity contribution is 0.255. The van der Waals surface area contributed by atoms with E-state index in [0.717, 1.165) is 6.54 Å². The molecular weight excluding hydrogens is 196 g/mol. The first-order valence-corrected chi connectivity index (χ1v) is 6.15. The van der Waals surface area contributed by atoms with Gasteiger partial charge in [-0.1, -0.05) is 37.6 Å². The fourth-order valence-electron chi connectivity index (χ4n) is 1.72. The Kier molecular flexibility index (Phi) is 5.50. The van der Waals surface area contributed by atoms with Gasteiger partial charge in [-0.15, -0.1) is 0 Å². The normalized spacial score (nSPS) is 13.1. The summed E-state index contributed by atoms with van der Waals surface area (Å²) in [6, 6.07) is 9.37. The Balaban J connectivity index is 2.54. The van der Waals surface area contributed by atoms with Crippen molar-refractivity contribution in [2.24, 2.45) is 5.73 Å². The molecule has 90 valence electrons. The summed E-state index contributed by atoms with van der Waals surface area (Å²) in [5, 5.41) is 0. The third-order valence-electron chi connectivity index (χ3n) is 3.09. The van der Waals surface area contributed by atoms with Crippen LogP contribution in [0.25, 0.3) is 0 Å². The van der Waals surface area contributed by atoms with Gasteiger partial charge in [0.25, 0.3) is 0 Å².